The lowest BCUT2D eigenvalue weighted by Gasteiger charge is -2.09. The van der Waals surface area contributed by atoms with Crippen molar-refractivity contribution in [3.8, 4) is 34.0 Å². The standard InChI is InChI=1S/C16H14N8O2.2ClH/c1-25-15-7-11(3-5-13(15)23-19-9-17-21-23)12-4-6-14(16(8-12)26-2)24-20-10-18-22-24;;/h3-10H,1-2H3;2*1H. The molecule has 0 radical (unpaired) electrons. The van der Waals surface area contributed by atoms with Crippen LogP contribution in [0.4, 0.5) is 0 Å². The summed E-state index contributed by atoms with van der Waals surface area (Å²) >= 11 is 0. The molecule has 0 fully saturated rings. The van der Waals surface area contributed by atoms with Crippen LogP contribution in [-0.2, 0) is 0 Å². The Morgan fingerprint density at radius 3 is 1.46 bits per heavy atom. The maximum absolute atomic E-state index is 5.50. The number of aromatic amines is 2. The monoisotopic (exact) mass is 422 g/mol. The number of halogens is 2. The maximum Gasteiger partial charge on any atom is 0.297 e. The van der Waals surface area contributed by atoms with Crippen LogP contribution in [0.5, 0.6) is 11.5 Å². The van der Waals surface area contributed by atoms with Crippen LogP contribution in [0.15, 0.2) is 49.1 Å². The van der Waals surface area contributed by atoms with Crippen molar-refractivity contribution in [2.45, 2.75) is 0 Å². The van der Waals surface area contributed by atoms with Gasteiger partial charge in [0.05, 0.1) is 24.4 Å². The van der Waals surface area contributed by atoms with Gasteiger partial charge in [-0.15, -0.1) is 0 Å². The highest BCUT2D eigenvalue weighted by Crippen LogP contribution is 2.31. The zero-order chi connectivity index (χ0) is 17.9. The van der Waals surface area contributed by atoms with Crippen LogP contribution in [-0.4, -0.2) is 45.0 Å². The number of aromatic nitrogens is 8. The van der Waals surface area contributed by atoms with E-state index in [9.17, 15) is 0 Å². The summed E-state index contributed by atoms with van der Waals surface area (Å²) in [5, 5.41) is 21.4. The molecule has 0 saturated heterocycles. The molecule has 12 heteroatoms. The summed E-state index contributed by atoms with van der Waals surface area (Å²) < 4.78 is 11.0. The molecule has 0 aliphatic carbocycles. The van der Waals surface area contributed by atoms with Crippen molar-refractivity contribution in [2.24, 2.45) is 0 Å². The molecular formula is C16H16Cl2N8O2. The Hall–Kier alpha value is -3.24. The number of tetrazole rings is 2. The molecule has 0 spiro atoms. The number of H-pyrrole nitrogens is 2. The molecule has 0 bridgehead atoms. The van der Waals surface area contributed by atoms with Crippen molar-refractivity contribution in [3.63, 3.8) is 0 Å². The van der Waals surface area contributed by atoms with Crippen LogP contribution in [0.25, 0.3) is 22.5 Å². The molecule has 0 atom stereocenters. The van der Waals surface area contributed by atoms with Crippen molar-refractivity contribution in [2.75, 3.05) is 14.2 Å². The van der Waals surface area contributed by atoms with Gasteiger partial charge in [-0.1, -0.05) is 0 Å². The van der Waals surface area contributed by atoms with E-state index in [4.69, 9.17) is 9.47 Å². The van der Waals surface area contributed by atoms with Crippen LogP contribution < -0.4 is 43.9 Å². The lowest BCUT2D eigenvalue weighted by molar-refractivity contribution is -0.717. The Morgan fingerprint density at radius 1 is 0.714 bits per heavy atom. The van der Waals surface area contributed by atoms with Gasteiger partial charge in [-0.3, -0.25) is 0 Å². The molecule has 4 rings (SSSR count). The van der Waals surface area contributed by atoms with Crippen molar-refractivity contribution in [1.82, 2.24) is 30.8 Å². The fourth-order valence-corrected chi connectivity index (χ4v) is 2.66. The molecule has 0 aliphatic heterocycles. The smallest absolute Gasteiger partial charge is 0.297 e. The molecule has 2 aromatic heterocycles. The summed E-state index contributed by atoms with van der Waals surface area (Å²) in [5.74, 6) is 1.33. The van der Waals surface area contributed by atoms with Gasteiger partial charge in [0.25, 0.3) is 12.7 Å². The number of nitrogens with one attached hydrogen (secondary N) is 2. The van der Waals surface area contributed by atoms with Crippen molar-refractivity contribution in [3.05, 3.63) is 49.1 Å². The molecule has 28 heavy (non-hydrogen) atoms. The highest BCUT2D eigenvalue weighted by atomic mass is 35.5. The summed E-state index contributed by atoms with van der Waals surface area (Å²) in [7, 11) is 3.23. The van der Waals surface area contributed by atoms with Gasteiger partial charge in [0, 0.05) is 0 Å². The van der Waals surface area contributed by atoms with Gasteiger partial charge in [0.15, 0.2) is 11.5 Å². The number of benzene rings is 2. The van der Waals surface area contributed by atoms with Gasteiger partial charge in [-0.05, 0) is 77.7 Å². The predicted octanol–water partition coefficient (Wildman–Crippen LogP) is -5.83. The number of hydrogen-bond donors (Lipinski definition) is 2. The third-order valence-electron chi connectivity index (χ3n) is 3.90. The lowest BCUT2D eigenvalue weighted by Crippen LogP contribution is -3.00. The Bertz CT molecular complexity index is 942. The first-order valence-corrected chi connectivity index (χ1v) is 7.73. The maximum atomic E-state index is 5.50. The number of hydrogen-bond acceptors (Lipinski definition) is 6. The minimum absolute atomic E-state index is 0. The van der Waals surface area contributed by atoms with E-state index in [0.717, 1.165) is 22.5 Å². The van der Waals surface area contributed by atoms with E-state index in [1.807, 2.05) is 36.4 Å². The van der Waals surface area contributed by atoms with Crippen LogP contribution in [0.1, 0.15) is 0 Å². The third kappa shape index (κ3) is 3.87. The highest BCUT2D eigenvalue weighted by molar-refractivity contribution is 5.70. The van der Waals surface area contributed by atoms with Crippen LogP contribution in [0, 0.1) is 0 Å². The van der Waals surface area contributed by atoms with Gasteiger partial charge >= 0.3 is 0 Å². The van der Waals surface area contributed by atoms with Gasteiger partial charge in [-0.25, -0.2) is 0 Å². The zero-order valence-corrected chi connectivity index (χ0v) is 16.4. The van der Waals surface area contributed by atoms with Crippen molar-refractivity contribution < 1.29 is 43.9 Å². The SMILES string of the molecule is COc1cc(-c2ccc(-[n+]3ncn[nH]3)c(OC)c2)ccc1-[n+]1ncn[nH]1.[Cl-].[Cl-]. The summed E-state index contributed by atoms with van der Waals surface area (Å²) in [5.41, 5.74) is 3.46. The second-order valence-corrected chi connectivity index (χ2v) is 5.32. The number of nitrogens with zero attached hydrogens (tertiary/aromatic N) is 6. The Labute approximate surface area is 172 Å². The third-order valence-corrected chi connectivity index (χ3v) is 3.90. The van der Waals surface area contributed by atoms with Crippen LogP contribution in [0.2, 0.25) is 0 Å². The van der Waals surface area contributed by atoms with E-state index in [0.29, 0.717) is 11.5 Å². The molecule has 0 unspecified atom stereocenters. The van der Waals surface area contributed by atoms with Crippen molar-refractivity contribution >= 4 is 0 Å². The molecule has 146 valence electrons. The van der Waals surface area contributed by atoms with E-state index in [-0.39, 0.29) is 24.8 Å². The lowest BCUT2D eigenvalue weighted by atomic mass is 10.0. The van der Waals surface area contributed by atoms with E-state index in [1.165, 1.54) is 22.2 Å². The Kier molecular flexibility index (Phi) is 6.85. The first-order chi connectivity index (χ1) is 12.8. The second kappa shape index (κ2) is 9.11. The summed E-state index contributed by atoms with van der Waals surface area (Å²) in [6, 6.07) is 11.6. The minimum atomic E-state index is 0. The van der Waals surface area contributed by atoms with E-state index in [2.05, 4.69) is 30.8 Å². The fraction of sp³-hybridized carbons (Fsp3) is 0.125. The number of ether oxygens (including phenoxy) is 2. The predicted molar refractivity (Wildman–Crippen MR) is 87.9 cm³/mol. The molecule has 0 aliphatic rings. The van der Waals surface area contributed by atoms with E-state index >= 15 is 0 Å². The first kappa shape index (κ1) is 21.1. The quantitative estimate of drug-likeness (QED) is 0.310. The molecule has 2 aromatic carbocycles. The molecule has 0 saturated carbocycles. The molecule has 4 aromatic rings. The van der Waals surface area contributed by atoms with Gasteiger partial charge < -0.3 is 34.3 Å². The highest BCUT2D eigenvalue weighted by Gasteiger charge is 2.17. The largest absolute Gasteiger partial charge is 1.00 e. The van der Waals surface area contributed by atoms with Crippen molar-refractivity contribution in [1.29, 1.82) is 0 Å². The van der Waals surface area contributed by atoms with E-state index < -0.39 is 0 Å². The molecule has 10 nitrogen and oxygen atoms in total. The van der Waals surface area contributed by atoms with Gasteiger partial charge in [-0.2, -0.15) is 0 Å². The average molecular weight is 423 g/mol. The average Bonchev–Trinajstić information content (AvgIpc) is 3.41. The topological polar surface area (TPSA) is 109 Å². The molecule has 2 N–H and O–H groups in total. The minimum Gasteiger partial charge on any atom is -1.00 e. The molecular weight excluding hydrogens is 407 g/mol. The number of methoxy groups -OCH3 is 2. The van der Waals surface area contributed by atoms with Crippen LogP contribution in [0.3, 0.4) is 0 Å². The molecule has 0 amide bonds. The van der Waals surface area contributed by atoms with E-state index in [1.54, 1.807) is 14.2 Å². The van der Waals surface area contributed by atoms with Crippen LogP contribution >= 0.6 is 0 Å². The fourth-order valence-electron chi connectivity index (χ4n) is 2.66. The normalized spacial score (nSPS) is 9.93. The Balaban J connectivity index is 0.00000140. The first-order valence-electron chi connectivity index (χ1n) is 7.73. The summed E-state index contributed by atoms with van der Waals surface area (Å²) in [4.78, 5) is 3.07. The molecule has 2 heterocycles. The van der Waals surface area contributed by atoms with Gasteiger partial charge in [0.2, 0.25) is 11.4 Å². The summed E-state index contributed by atoms with van der Waals surface area (Å²) in [6.45, 7) is 0. The number of rotatable bonds is 5. The van der Waals surface area contributed by atoms with Gasteiger partial charge in [0.1, 0.15) is 0 Å². The zero-order valence-electron chi connectivity index (χ0n) is 14.9. The Morgan fingerprint density at radius 2 is 1.14 bits per heavy atom. The second-order valence-electron chi connectivity index (χ2n) is 5.32. The summed E-state index contributed by atoms with van der Waals surface area (Å²) in [6.07, 6.45) is 2.86.